The highest BCUT2D eigenvalue weighted by atomic mass is 35.5. The van der Waals surface area contributed by atoms with E-state index in [0.717, 1.165) is 44.5 Å². The van der Waals surface area contributed by atoms with Gasteiger partial charge in [-0.25, -0.2) is 14.4 Å². The number of hydrogen-bond donors (Lipinski definition) is 1. The molecular formula is C24H19Cl2FN4S. The second-order valence-corrected chi connectivity index (χ2v) is 7.73. The highest BCUT2D eigenvalue weighted by Gasteiger charge is 2.13. The molecule has 8 heteroatoms. The zero-order valence-electron chi connectivity index (χ0n) is 16.9. The average molecular weight is 485 g/mol. The molecule has 0 unspecified atom stereocenters. The van der Waals surface area contributed by atoms with Crippen molar-refractivity contribution < 1.29 is 4.39 Å². The van der Waals surface area contributed by atoms with Crippen LogP contribution in [-0.4, -0.2) is 26.4 Å². The van der Waals surface area contributed by atoms with Gasteiger partial charge in [0.25, 0.3) is 0 Å². The number of nitrogens with zero attached hydrogens (tertiary/aromatic N) is 3. The van der Waals surface area contributed by atoms with Crippen LogP contribution in [-0.2, 0) is 0 Å². The first kappa shape index (κ1) is 23.7. The van der Waals surface area contributed by atoms with Crippen molar-refractivity contribution >= 4 is 47.5 Å². The number of aromatic nitrogens is 4. The monoisotopic (exact) mass is 484 g/mol. The molecule has 0 aliphatic rings. The molecule has 0 saturated carbocycles. The Hall–Kier alpha value is -2.93. The van der Waals surface area contributed by atoms with Crippen LogP contribution in [0.25, 0.3) is 44.5 Å². The minimum atomic E-state index is -0.270. The highest BCUT2D eigenvalue weighted by molar-refractivity contribution is 7.98. The number of nitrogens with one attached hydrogen (secondary N) is 1. The summed E-state index contributed by atoms with van der Waals surface area (Å²) in [5.74, 6) is -0.270. The summed E-state index contributed by atoms with van der Waals surface area (Å²) < 4.78 is 13.4. The molecule has 0 radical (unpaired) electrons. The van der Waals surface area contributed by atoms with E-state index < -0.39 is 0 Å². The largest absolute Gasteiger partial charge is 0.277 e. The summed E-state index contributed by atoms with van der Waals surface area (Å²) in [5, 5.41) is 8.32. The Morgan fingerprint density at radius 3 is 2.22 bits per heavy atom. The summed E-state index contributed by atoms with van der Waals surface area (Å²) in [6, 6.07) is 20.8. The molecule has 162 valence electrons. The lowest BCUT2D eigenvalue weighted by Gasteiger charge is -2.09. The van der Waals surface area contributed by atoms with E-state index in [-0.39, 0.29) is 30.6 Å². The third-order valence-corrected chi connectivity index (χ3v) is 5.83. The minimum Gasteiger partial charge on any atom is -0.277 e. The molecule has 0 atom stereocenters. The van der Waals surface area contributed by atoms with Crippen LogP contribution in [0, 0.1) is 5.82 Å². The van der Waals surface area contributed by atoms with Crippen molar-refractivity contribution in [3.8, 4) is 33.6 Å². The van der Waals surface area contributed by atoms with Crippen LogP contribution in [0.4, 0.5) is 4.39 Å². The Kier molecular flexibility index (Phi) is 7.51. The summed E-state index contributed by atoms with van der Waals surface area (Å²) >= 11 is 1.71. The lowest BCUT2D eigenvalue weighted by atomic mass is 9.98. The van der Waals surface area contributed by atoms with E-state index in [1.165, 1.54) is 23.4 Å². The molecule has 1 N–H and O–H groups in total. The molecule has 0 bridgehead atoms. The zero-order chi connectivity index (χ0) is 20.5. The van der Waals surface area contributed by atoms with Crippen molar-refractivity contribution in [3.05, 3.63) is 85.1 Å². The van der Waals surface area contributed by atoms with E-state index >= 15 is 0 Å². The first-order valence-electron chi connectivity index (χ1n) is 9.42. The van der Waals surface area contributed by atoms with E-state index in [9.17, 15) is 4.39 Å². The number of benzene rings is 3. The minimum absolute atomic E-state index is 0. The van der Waals surface area contributed by atoms with E-state index in [4.69, 9.17) is 0 Å². The van der Waals surface area contributed by atoms with E-state index in [0.29, 0.717) is 0 Å². The van der Waals surface area contributed by atoms with Crippen molar-refractivity contribution in [1.82, 2.24) is 20.2 Å². The number of fused-ring (bicyclic) bond motifs is 1. The van der Waals surface area contributed by atoms with Gasteiger partial charge in [-0.15, -0.1) is 36.6 Å². The molecule has 0 aliphatic carbocycles. The summed E-state index contributed by atoms with van der Waals surface area (Å²) in [7, 11) is 0. The van der Waals surface area contributed by atoms with Crippen LogP contribution in [0.1, 0.15) is 0 Å². The molecule has 0 amide bonds. The molecule has 2 heterocycles. The summed E-state index contributed by atoms with van der Waals surface area (Å²) in [5.41, 5.74) is 6.51. The van der Waals surface area contributed by atoms with Gasteiger partial charge in [-0.2, -0.15) is 5.10 Å². The van der Waals surface area contributed by atoms with Crippen molar-refractivity contribution in [2.45, 2.75) is 4.90 Å². The van der Waals surface area contributed by atoms with Crippen molar-refractivity contribution in [2.75, 3.05) is 6.26 Å². The van der Waals surface area contributed by atoms with Crippen LogP contribution in [0.3, 0.4) is 0 Å². The van der Waals surface area contributed by atoms with Gasteiger partial charge in [0.2, 0.25) is 0 Å². The number of halogens is 3. The van der Waals surface area contributed by atoms with Gasteiger partial charge < -0.3 is 0 Å². The number of rotatable bonds is 4. The van der Waals surface area contributed by atoms with Crippen molar-refractivity contribution in [2.24, 2.45) is 0 Å². The molecule has 0 spiro atoms. The van der Waals surface area contributed by atoms with Crippen LogP contribution < -0.4 is 0 Å². The Balaban J connectivity index is 0.00000144. The van der Waals surface area contributed by atoms with Gasteiger partial charge >= 0.3 is 0 Å². The molecule has 0 aliphatic heterocycles. The standard InChI is InChI=1S/C24H17FN4S.2ClH/c1-30-19-9-4-16(5-10-19)24-21(13-28-29-24)17-6-11-22-20(12-17)23(27-14-26-22)15-2-7-18(25)8-3-15;;/h2-14H,1H3,(H,28,29);2*1H. The Bertz CT molecular complexity index is 1340. The zero-order valence-corrected chi connectivity index (χ0v) is 19.4. The summed E-state index contributed by atoms with van der Waals surface area (Å²) in [4.78, 5) is 10.1. The number of aromatic amines is 1. The van der Waals surface area contributed by atoms with E-state index in [1.807, 2.05) is 18.3 Å². The maximum Gasteiger partial charge on any atom is 0.123 e. The lowest BCUT2D eigenvalue weighted by molar-refractivity contribution is 0.628. The fraction of sp³-hybridized carbons (Fsp3) is 0.0417. The molecule has 2 aromatic heterocycles. The van der Waals surface area contributed by atoms with Gasteiger partial charge in [0.05, 0.1) is 23.1 Å². The second kappa shape index (κ2) is 10.1. The number of hydrogen-bond acceptors (Lipinski definition) is 4. The first-order chi connectivity index (χ1) is 14.7. The van der Waals surface area contributed by atoms with Gasteiger partial charge in [-0.05, 0) is 60.4 Å². The summed E-state index contributed by atoms with van der Waals surface area (Å²) in [6.07, 6.45) is 5.43. The van der Waals surface area contributed by atoms with Gasteiger partial charge in [-0.1, -0.05) is 18.2 Å². The van der Waals surface area contributed by atoms with Gasteiger partial charge in [-0.3, -0.25) is 5.10 Å². The van der Waals surface area contributed by atoms with Gasteiger partial charge in [0.15, 0.2) is 0 Å². The maximum absolute atomic E-state index is 13.4. The smallest absolute Gasteiger partial charge is 0.123 e. The van der Waals surface area contributed by atoms with Gasteiger partial charge in [0, 0.05) is 27.0 Å². The van der Waals surface area contributed by atoms with Crippen molar-refractivity contribution in [1.29, 1.82) is 0 Å². The molecule has 0 fully saturated rings. The van der Waals surface area contributed by atoms with Crippen molar-refractivity contribution in [3.63, 3.8) is 0 Å². The topological polar surface area (TPSA) is 54.5 Å². The molecule has 0 saturated heterocycles. The average Bonchev–Trinajstić information content (AvgIpc) is 3.29. The second-order valence-electron chi connectivity index (χ2n) is 6.85. The van der Waals surface area contributed by atoms with Gasteiger partial charge in [0.1, 0.15) is 12.1 Å². The fourth-order valence-electron chi connectivity index (χ4n) is 3.54. The Morgan fingerprint density at radius 1 is 0.812 bits per heavy atom. The van der Waals surface area contributed by atoms with E-state index in [2.05, 4.69) is 56.8 Å². The molecule has 5 aromatic rings. The Morgan fingerprint density at radius 2 is 1.50 bits per heavy atom. The SMILES string of the molecule is CSc1ccc(-c2[nH]ncc2-c2ccc3ncnc(-c4ccc(F)cc4)c3c2)cc1.Cl.Cl. The fourth-order valence-corrected chi connectivity index (χ4v) is 3.95. The van der Waals surface area contributed by atoms with Crippen LogP contribution in [0.2, 0.25) is 0 Å². The quantitative estimate of drug-likeness (QED) is 0.277. The summed E-state index contributed by atoms with van der Waals surface area (Å²) in [6.45, 7) is 0. The molecule has 3 aromatic carbocycles. The maximum atomic E-state index is 13.4. The van der Waals surface area contributed by atoms with Crippen LogP contribution in [0.15, 0.2) is 84.1 Å². The van der Waals surface area contributed by atoms with Crippen LogP contribution >= 0.6 is 36.6 Å². The third kappa shape index (κ3) is 4.48. The normalized spacial score (nSPS) is 10.4. The highest BCUT2D eigenvalue weighted by Crippen LogP contribution is 2.34. The molecule has 32 heavy (non-hydrogen) atoms. The van der Waals surface area contributed by atoms with Crippen LogP contribution in [0.5, 0.6) is 0 Å². The predicted molar refractivity (Wildman–Crippen MR) is 134 cm³/mol. The number of thioether (sulfide) groups is 1. The molecular weight excluding hydrogens is 466 g/mol. The predicted octanol–water partition coefficient (Wildman–Crippen LogP) is 7.06. The first-order valence-corrected chi connectivity index (χ1v) is 10.6. The number of H-pyrrole nitrogens is 1. The lowest BCUT2D eigenvalue weighted by Crippen LogP contribution is -1.90. The molecule has 5 rings (SSSR count). The van der Waals surface area contributed by atoms with E-state index in [1.54, 1.807) is 23.9 Å². The molecule has 4 nitrogen and oxygen atoms in total. The third-order valence-electron chi connectivity index (χ3n) is 5.08. The Labute approximate surface area is 201 Å².